The zero-order valence-corrected chi connectivity index (χ0v) is 17.6. The van der Waals surface area contributed by atoms with Gasteiger partial charge in [0.1, 0.15) is 12.4 Å². The highest BCUT2D eigenvalue weighted by Gasteiger charge is 2.21. The van der Waals surface area contributed by atoms with E-state index in [1.54, 1.807) is 0 Å². The van der Waals surface area contributed by atoms with Gasteiger partial charge in [-0.2, -0.15) is 0 Å². The van der Waals surface area contributed by atoms with Crippen LogP contribution >= 0.6 is 0 Å². The van der Waals surface area contributed by atoms with Crippen LogP contribution in [0.15, 0.2) is 59.1 Å². The number of aromatic nitrogens is 1. The van der Waals surface area contributed by atoms with Crippen molar-refractivity contribution in [2.24, 2.45) is 0 Å². The fourth-order valence-electron chi connectivity index (χ4n) is 3.88. The maximum absolute atomic E-state index is 13.2. The van der Waals surface area contributed by atoms with Crippen molar-refractivity contribution >= 4 is 5.91 Å². The van der Waals surface area contributed by atoms with Crippen molar-refractivity contribution in [1.82, 2.24) is 15.4 Å². The molecule has 0 aliphatic carbocycles. The highest BCUT2D eigenvalue weighted by molar-refractivity contribution is 5.92. The first-order valence-electron chi connectivity index (χ1n) is 10.7. The predicted molar refractivity (Wildman–Crippen MR) is 114 cm³/mol. The fraction of sp³-hybridized carbons (Fsp3) is 0.333. The highest BCUT2D eigenvalue weighted by Crippen LogP contribution is 2.26. The molecule has 8 heteroatoms. The summed E-state index contributed by atoms with van der Waals surface area (Å²) in [6.07, 6.45) is 2.32. The van der Waals surface area contributed by atoms with Crippen LogP contribution in [-0.4, -0.2) is 42.1 Å². The van der Waals surface area contributed by atoms with Gasteiger partial charge in [-0.1, -0.05) is 35.5 Å². The third-order valence-electron chi connectivity index (χ3n) is 5.55. The van der Waals surface area contributed by atoms with E-state index in [2.05, 4.69) is 39.6 Å². The molecule has 1 aromatic heterocycles. The second-order valence-corrected chi connectivity index (χ2v) is 7.85. The van der Waals surface area contributed by atoms with Gasteiger partial charge >= 0.3 is 0 Å². The number of ether oxygens (including phenoxy) is 1. The highest BCUT2D eigenvalue weighted by atomic mass is 19.2. The van der Waals surface area contributed by atoms with E-state index >= 15 is 0 Å². The van der Waals surface area contributed by atoms with Crippen LogP contribution in [-0.2, 0) is 6.61 Å². The smallest absolute Gasteiger partial charge is 0.273 e. The maximum atomic E-state index is 13.2. The summed E-state index contributed by atoms with van der Waals surface area (Å²) in [6, 6.07) is 15.2. The van der Waals surface area contributed by atoms with Crippen LogP contribution in [0.3, 0.4) is 0 Å². The van der Waals surface area contributed by atoms with E-state index in [-0.39, 0.29) is 24.0 Å². The second kappa shape index (κ2) is 10.4. The molecule has 0 bridgehead atoms. The van der Waals surface area contributed by atoms with Crippen LogP contribution in [0, 0.1) is 11.6 Å². The lowest BCUT2D eigenvalue weighted by Gasteiger charge is -2.33. The molecule has 1 N–H and O–H groups in total. The summed E-state index contributed by atoms with van der Waals surface area (Å²) in [5.41, 5.74) is 1.51. The monoisotopic (exact) mass is 441 g/mol. The Labute approximate surface area is 185 Å². The molecule has 1 unspecified atom stereocenters. The molecule has 1 saturated heterocycles. The molecule has 1 aliphatic heterocycles. The largest absolute Gasteiger partial charge is 0.485 e. The first-order chi connectivity index (χ1) is 15.6. The predicted octanol–water partition coefficient (Wildman–Crippen LogP) is 4.14. The maximum Gasteiger partial charge on any atom is 0.273 e. The molecular weight excluding hydrogens is 416 g/mol. The normalized spacial score (nSPS) is 16.6. The Morgan fingerprint density at radius 2 is 2.00 bits per heavy atom. The van der Waals surface area contributed by atoms with Crippen molar-refractivity contribution in [3.05, 3.63) is 83.2 Å². The molecule has 2 heterocycles. The Bertz CT molecular complexity index is 1040. The Kier molecular flexibility index (Phi) is 7.11. The van der Waals surface area contributed by atoms with E-state index in [0.717, 1.165) is 38.2 Å². The average Bonchev–Trinajstić information content (AvgIpc) is 3.30. The van der Waals surface area contributed by atoms with Gasteiger partial charge in [0.2, 0.25) is 0 Å². The molecular formula is C24H25F2N3O3. The van der Waals surface area contributed by atoms with E-state index in [1.165, 1.54) is 24.1 Å². The Morgan fingerprint density at radius 1 is 1.16 bits per heavy atom. The van der Waals surface area contributed by atoms with Crippen LogP contribution in [0.25, 0.3) is 0 Å². The average molecular weight is 441 g/mol. The van der Waals surface area contributed by atoms with Crippen molar-refractivity contribution in [1.29, 1.82) is 0 Å². The topological polar surface area (TPSA) is 67.6 Å². The number of piperidine rings is 1. The van der Waals surface area contributed by atoms with Gasteiger partial charge in [0.05, 0.1) is 0 Å². The van der Waals surface area contributed by atoms with Crippen molar-refractivity contribution in [3.8, 4) is 5.75 Å². The van der Waals surface area contributed by atoms with E-state index in [0.29, 0.717) is 18.2 Å². The third-order valence-corrected chi connectivity index (χ3v) is 5.55. The standard InChI is InChI=1S/C24H25F2N3O3/c25-21-9-8-19(13-22(21)26)31-16-20-14-23(28-32-20)24(30)27-10-12-29-11-4-7-18(15-29)17-5-2-1-3-6-17/h1-3,5-6,8-9,13-14,18H,4,7,10-12,15-16H2,(H,27,30). The first kappa shape index (κ1) is 22.0. The summed E-state index contributed by atoms with van der Waals surface area (Å²) in [5, 5.41) is 6.63. The molecule has 1 amide bonds. The van der Waals surface area contributed by atoms with E-state index in [4.69, 9.17) is 9.26 Å². The molecule has 6 nitrogen and oxygen atoms in total. The number of hydrogen-bond acceptors (Lipinski definition) is 5. The molecule has 0 spiro atoms. The van der Waals surface area contributed by atoms with Crippen molar-refractivity contribution in [2.75, 3.05) is 26.2 Å². The fourth-order valence-corrected chi connectivity index (χ4v) is 3.88. The Balaban J connectivity index is 1.21. The number of halogens is 2. The molecule has 4 rings (SSSR count). The molecule has 2 aromatic carbocycles. The molecule has 1 atom stereocenters. The molecule has 32 heavy (non-hydrogen) atoms. The third kappa shape index (κ3) is 5.70. The van der Waals surface area contributed by atoms with Crippen LogP contribution in [0.5, 0.6) is 5.75 Å². The summed E-state index contributed by atoms with van der Waals surface area (Å²) in [7, 11) is 0. The van der Waals surface area contributed by atoms with Crippen molar-refractivity contribution in [3.63, 3.8) is 0 Å². The lowest BCUT2D eigenvalue weighted by Crippen LogP contribution is -2.40. The van der Waals surface area contributed by atoms with Gasteiger partial charge in [-0.05, 0) is 43.0 Å². The first-order valence-corrected chi connectivity index (χ1v) is 10.7. The van der Waals surface area contributed by atoms with Crippen LogP contribution in [0.4, 0.5) is 8.78 Å². The number of nitrogens with zero attached hydrogens (tertiary/aromatic N) is 2. The number of rotatable bonds is 8. The summed E-state index contributed by atoms with van der Waals surface area (Å²) in [4.78, 5) is 14.7. The minimum absolute atomic E-state index is 0.0556. The zero-order chi connectivity index (χ0) is 22.3. The number of carbonyl (C=O) groups is 1. The second-order valence-electron chi connectivity index (χ2n) is 7.85. The summed E-state index contributed by atoms with van der Waals surface area (Å²) in [6.45, 7) is 3.22. The van der Waals surface area contributed by atoms with Crippen LogP contribution < -0.4 is 10.1 Å². The number of carbonyl (C=O) groups excluding carboxylic acids is 1. The summed E-state index contributed by atoms with van der Waals surface area (Å²) >= 11 is 0. The molecule has 3 aromatic rings. The molecule has 0 saturated carbocycles. The van der Waals surface area contributed by atoms with Gasteiger partial charge in [0.25, 0.3) is 5.91 Å². The van der Waals surface area contributed by atoms with Crippen molar-refractivity contribution in [2.45, 2.75) is 25.4 Å². The lowest BCUT2D eigenvalue weighted by molar-refractivity contribution is 0.0936. The van der Waals surface area contributed by atoms with E-state index in [1.807, 2.05) is 6.07 Å². The molecule has 1 aliphatic rings. The molecule has 1 fully saturated rings. The minimum Gasteiger partial charge on any atom is -0.485 e. The van der Waals surface area contributed by atoms with E-state index < -0.39 is 11.6 Å². The minimum atomic E-state index is -0.996. The molecule has 0 radical (unpaired) electrons. The van der Waals surface area contributed by atoms with Gasteiger partial charge in [0.15, 0.2) is 23.1 Å². The molecule has 168 valence electrons. The van der Waals surface area contributed by atoms with Gasteiger partial charge in [-0.15, -0.1) is 0 Å². The summed E-state index contributed by atoms with van der Waals surface area (Å²) < 4.78 is 36.6. The lowest BCUT2D eigenvalue weighted by atomic mass is 9.91. The Hall–Kier alpha value is -3.26. The van der Waals surface area contributed by atoms with Gasteiger partial charge in [0, 0.05) is 31.8 Å². The van der Waals surface area contributed by atoms with Crippen LogP contribution in [0.2, 0.25) is 0 Å². The number of benzene rings is 2. The SMILES string of the molecule is O=C(NCCN1CCCC(c2ccccc2)C1)c1cc(COc2ccc(F)c(F)c2)on1. The number of nitrogens with one attached hydrogen (secondary N) is 1. The van der Waals surface area contributed by atoms with Crippen molar-refractivity contribution < 1.29 is 22.8 Å². The number of amides is 1. The quantitative estimate of drug-likeness (QED) is 0.569. The number of hydrogen-bond donors (Lipinski definition) is 1. The van der Waals surface area contributed by atoms with E-state index in [9.17, 15) is 13.6 Å². The Morgan fingerprint density at radius 3 is 2.81 bits per heavy atom. The number of likely N-dealkylation sites (tertiary alicyclic amines) is 1. The zero-order valence-electron chi connectivity index (χ0n) is 17.6. The summed E-state index contributed by atoms with van der Waals surface area (Å²) in [5.74, 6) is -1.29. The van der Waals surface area contributed by atoms with Gasteiger partial charge in [-0.25, -0.2) is 8.78 Å². The van der Waals surface area contributed by atoms with Gasteiger partial charge < -0.3 is 19.5 Å². The van der Waals surface area contributed by atoms with Crippen LogP contribution in [0.1, 0.15) is 40.6 Å². The van der Waals surface area contributed by atoms with Gasteiger partial charge in [-0.3, -0.25) is 4.79 Å².